The average molecular weight is 574 g/mol. The van der Waals surface area contributed by atoms with Gasteiger partial charge in [-0.2, -0.15) is 0 Å². The van der Waals surface area contributed by atoms with E-state index in [9.17, 15) is 22.4 Å². The molecule has 208 valence electrons. The van der Waals surface area contributed by atoms with Gasteiger partial charge in [-0.15, -0.1) is 0 Å². The molecular weight excluding hydrogens is 541 g/mol. The van der Waals surface area contributed by atoms with E-state index in [4.69, 9.17) is 11.6 Å². The maximum atomic E-state index is 13.8. The zero-order chi connectivity index (χ0) is 28.7. The van der Waals surface area contributed by atoms with Gasteiger partial charge >= 0.3 is 0 Å². The number of hydrogen-bond acceptors (Lipinski definition) is 4. The van der Waals surface area contributed by atoms with E-state index in [0.29, 0.717) is 11.6 Å². The summed E-state index contributed by atoms with van der Waals surface area (Å²) in [5.74, 6) is -1.31. The first-order valence-corrected chi connectivity index (χ1v) is 14.4. The molecular formula is C29H33ClFN3O4S. The molecule has 1 N–H and O–H groups in total. The monoisotopic (exact) mass is 573 g/mol. The molecule has 0 aliphatic heterocycles. The summed E-state index contributed by atoms with van der Waals surface area (Å²) < 4.78 is 41.9. The fraction of sp³-hybridized carbons (Fsp3) is 0.310. The Morgan fingerprint density at radius 3 is 2.08 bits per heavy atom. The number of halogens is 2. The van der Waals surface area contributed by atoms with Crippen molar-refractivity contribution in [1.82, 2.24) is 10.2 Å². The van der Waals surface area contributed by atoms with Crippen LogP contribution in [0.5, 0.6) is 0 Å². The minimum atomic E-state index is -4.26. The second-order valence-corrected chi connectivity index (χ2v) is 12.1. The van der Waals surface area contributed by atoms with Crippen LogP contribution in [0.25, 0.3) is 0 Å². The number of aryl methyl sites for hydroxylation is 1. The quantitative estimate of drug-likeness (QED) is 0.343. The van der Waals surface area contributed by atoms with Gasteiger partial charge < -0.3 is 10.2 Å². The molecule has 0 heterocycles. The molecule has 1 unspecified atom stereocenters. The Kier molecular flexibility index (Phi) is 10.1. The number of anilines is 1. The highest BCUT2D eigenvalue weighted by molar-refractivity contribution is 7.92. The summed E-state index contributed by atoms with van der Waals surface area (Å²) in [6.45, 7) is 7.30. The van der Waals surface area contributed by atoms with E-state index >= 15 is 0 Å². The van der Waals surface area contributed by atoms with Crippen LogP contribution < -0.4 is 9.62 Å². The topological polar surface area (TPSA) is 86.8 Å². The number of sulfonamides is 1. The second kappa shape index (κ2) is 13.1. The minimum Gasteiger partial charge on any atom is -0.354 e. The molecule has 0 spiro atoms. The fourth-order valence-electron chi connectivity index (χ4n) is 3.80. The molecule has 3 rings (SSSR count). The summed E-state index contributed by atoms with van der Waals surface area (Å²) in [4.78, 5) is 28.0. The van der Waals surface area contributed by atoms with Crippen molar-refractivity contribution in [3.8, 4) is 0 Å². The molecule has 0 saturated carbocycles. The van der Waals surface area contributed by atoms with Gasteiger partial charge in [-0.05, 0) is 73.9 Å². The average Bonchev–Trinajstić information content (AvgIpc) is 2.90. The summed E-state index contributed by atoms with van der Waals surface area (Å²) in [5.41, 5.74) is 1.89. The van der Waals surface area contributed by atoms with Crippen LogP contribution in [0.4, 0.5) is 10.1 Å². The fourth-order valence-corrected chi connectivity index (χ4v) is 5.34. The predicted octanol–water partition coefficient (Wildman–Crippen LogP) is 5.17. The number of hydrogen-bond donors (Lipinski definition) is 1. The lowest BCUT2D eigenvalue weighted by Gasteiger charge is -2.32. The van der Waals surface area contributed by atoms with E-state index in [-0.39, 0.29) is 29.0 Å². The summed E-state index contributed by atoms with van der Waals surface area (Å²) in [6, 6.07) is 17.1. The second-order valence-electron chi connectivity index (χ2n) is 9.76. The van der Waals surface area contributed by atoms with E-state index in [2.05, 4.69) is 5.32 Å². The van der Waals surface area contributed by atoms with Crippen molar-refractivity contribution in [2.24, 2.45) is 5.92 Å². The molecule has 0 bridgehead atoms. The van der Waals surface area contributed by atoms with Crippen LogP contribution in [0.3, 0.4) is 0 Å². The molecule has 0 radical (unpaired) electrons. The van der Waals surface area contributed by atoms with Crippen LogP contribution >= 0.6 is 11.6 Å². The molecule has 0 aliphatic rings. The summed E-state index contributed by atoms with van der Waals surface area (Å²) in [6.07, 6.45) is 0. The first-order valence-electron chi connectivity index (χ1n) is 12.5. The molecule has 0 aromatic heterocycles. The van der Waals surface area contributed by atoms with E-state index in [1.807, 2.05) is 20.8 Å². The van der Waals surface area contributed by atoms with Gasteiger partial charge in [-0.3, -0.25) is 13.9 Å². The van der Waals surface area contributed by atoms with Crippen LogP contribution in [0.1, 0.15) is 31.9 Å². The number of carbonyl (C=O) groups is 2. The molecule has 1 atom stereocenters. The minimum absolute atomic E-state index is 0.0601. The molecule has 0 saturated heterocycles. The van der Waals surface area contributed by atoms with Crippen molar-refractivity contribution in [2.75, 3.05) is 17.4 Å². The maximum Gasteiger partial charge on any atom is 0.264 e. The number of carbonyl (C=O) groups excluding carboxylic acids is 2. The van der Waals surface area contributed by atoms with Crippen LogP contribution in [0.15, 0.2) is 77.7 Å². The maximum absolute atomic E-state index is 13.8. The normalized spacial score (nSPS) is 12.2. The van der Waals surface area contributed by atoms with Crippen molar-refractivity contribution >= 4 is 39.1 Å². The Balaban J connectivity index is 2.00. The zero-order valence-corrected chi connectivity index (χ0v) is 24.0. The smallest absolute Gasteiger partial charge is 0.264 e. The third kappa shape index (κ3) is 8.03. The van der Waals surface area contributed by atoms with Gasteiger partial charge in [0.05, 0.1) is 10.6 Å². The van der Waals surface area contributed by atoms with Crippen molar-refractivity contribution < 1.29 is 22.4 Å². The molecule has 3 aromatic rings. The lowest BCUT2D eigenvalue weighted by molar-refractivity contribution is -0.139. The highest BCUT2D eigenvalue weighted by atomic mass is 35.5. The summed E-state index contributed by atoms with van der Waals surface area (Å²) in [5, 5.41) is 3.37. The number of amides is 2. The highest BCUT2D eigenvalue weighted by Gasteiger charge is 2.32. The van der Waals surface area contributed by atoms with Crippen molar-refractivity contribution in [1.29, 1.82) is 0 Å². The van der Waals surface area contributed by atoms with Gasteiger partial charge in [0, 0.05) is 18.1 Å². The Morgan fingerprint density at radius 1 is 0.923 bits per heavy atom. The van der Waals surface area contributed by atoms with E-state index in [1.165, 1.54) is 4.90 Å². The van der Waals surface area contributed by atoms with Crippen LogP contribution in [0, 0.1) is 18.7 Å². The zero-order valence-electron chi connectivity index (χ0n) is 22.4. The highest BCUT2D eigenvalue weighted by Crippen LogP contribution is 2.25. The number of nitrogens with zero attached hydrogens (tertiary/aromatic N) is 2. The Bertz CT molecular complexity index is 1380. The molecule has 0 aliphatic carbocycles. The Labute approximate surface area is 234 Å². The summed E-state index contributed by atoms with van der Waals surface area (Å²) in [7, 11) is -4.26. The van der Waals surface area contributed by atoms with Crippen molar-refractivity contribution in [2.45, 2.75) is 45.2 Å². The van der Waals surface area contributed by atoms with Gasteiger partial charge in [0.15, 0.2) is 0 Å². The Morgan fingerprint density at radius 2 is 1.51 bits per heavy atom. The van der Waals surface area contributed by atoms with E-state index < -0.39 is 34.3 Å². The van der Waals surface area contributed by atoms with E-state index in [1.54, 1.807) is 55.5 Å². The third-order valence-electron chi connectivity index (χ3n) is 6.12. The number of rotatable bonds is 11. The first-order chi connectivity index (χ1) is 18.4. The predicted molar refractivity (Wildman–Crippen MR) is 151 cm³/mol. The number of nitrogens with one attached hydrogen (secondary N) is 1. The molecule has 39 heavy (non-hydrogen) atoms. The Hall–Kier alpha value is -3.43. The van der Waals surface area contributed by atoms with Crippen LogP contribution in [0.2, 0.25) is 5.02 Å². The molecule has 2 amide bonds. The summed E-state index contributed by atoms with van der Waals surface area (Å²) >= 11 is 6.02. The van der Waals surface area contributed by atoms with Crippen LogP contribution in [-0.2, 0) is 26.2 Å². The largest absolute Gasteiger partial charge is 0.354 e. The van der Waals surface area contributed by atoms with Crippen LogP contribution in [-0.4, -0.2) is 44.3 Å². The SMILES string of the molecule is Cc1ccc(N(CC(=O)N(Cc2ccc(Cl)cc2)C(C)C(=O)NCC(C)C)S(=O)(=O)c2ccc(F)cc2)cc1. The number of benzene rings is 3. The first kappa shape index (κ1) is 30.1. The van der Waals surface area contributed by atoms with Crippen molar-refractivity contribution in [3.05, 3.63) is 94.8 Å². The van der Waals surface area contributed by atoms with Gasteiger partial charge in [0.1, 0.15) is 18.4 Å². The molecule has 7 nitrogen and oxygen atoms in total. The van der Waals surface area contributed by atoms with Gasteiger partial charge in [0.25, 0.3) is 10.0 Å². The van der Waals surface area contributed by atoms with Gasteiger partial charge in [-0.1, -0.05) is 55.3 Å². The van der Waals surface area contributed by atoms with Gasteiger partial charge in [0.2, 0.25) is 11.8 Å². The van der Waals surface area contributed by atoms with Crippen molar-refractivity contribution in [3.63, 3.8) is 0 Å². The molecule has 0 fully saturated rings. The third-order valence-corrected chi connectivity index (χ3v) is 8.16. The standard InChI is InChI=1S/C29H33ClFN3O4S/c1-20(2)17-32-29(36)22(4)33(18-23-7-9-24(30)10-8-23)28(35)19-34(26-13-5-21(3)6-14-26)39(37,38)27-15-11-25(31)12-16-27/h5-16,20,22H,17-19H2,1-4H3,(H,32,36). The molecule has 3 aromatic carbocycles. The molecule has 10 heteroatoms. The van der Waals surface area contributed by atoms with E-state index in [0.717, 1.165) is 39.7 Å². The van der Waals surface area contributed by atoms with Gasteiger partial charge in [-0.25, -0.2) is 12.8 Å². The lowest BCUT2D eigenvalue weighted by atomic mass is 10.1. The lowest BCUT2D eigenvalue weighted by Crippen LogP contribution is -2.51.